The molecule has 0 aromatic heterocycles. The van der Waals surface area contributed by atoms with Crippen molar-refractivity contribution in [3.05, 3.63) is 29.3 Å². The van der Waals surface area contributed by atoms with Gasteiger partial charge in [-0.25, -0.2) is 0 Å². The highest BCUT2D eigenvalue weighted by atomic mass is 16.5. The summed E-state index contributed by atoms with van der Waals surface area (Å²) in [5, 5.41) is 12.8. The predicted molar refractivity (Wildman–Crippen MR) is 73.7 cm³/mol. The third-order valence-electron chi connectivity index (χ3n) is 2.46. The molecular weight excluding hydrogens is 226 g/mol. The Balaban J connectivity index is 2.29. The summed E-state index contributed by atoms with van der Waals surface area (Å²) >= 11 is 0. The molecular formula is C15H21NO2. The van der Waals surface area contributed by atoms with Gasteiger partial charge in [0.25, 0.3) is 0 Å². The molecule has 0 bridgehead atoms. The van der Waals surface area contributed by atoms with Crippen molar-refractivity contribution in [2.24, 2.45) is 0 Å². The molecule has 0 saturated carbocycles. The smallest absolute Gasteiger partial charge is 0.119 e. The van der Waals surface area contributed by atoms with E-state index in [0.717, 1.165) is 23.4 Å². The van der Waals surface area contributed by atoms with Gasteiger partial charge in [0.05, 0.1) is 0 Å². The van der Waals surface area contributed by atoms with Crippen LogP contribution in [0.5, 0.6) is 5.75 Å². The zero-order valence-corrected chi connectivity index (χ0v) is 11.1. The van der Waals surface area contributed by atoms with Crippen molar-refractivity contribution in [3.8, 4) is 18.1 Å². The fourth-order valence-electron chi connectivity index (χ4n) is 1.70. The minimum atomic E-state index is -0.524. The summed E-state index contributed by atoms with van der Waals surface area (Å²) in [4.78, 5) is 0. The molecule has 0 spiro atoms. The molecule has 1 aromatic carbocycles. The van der Waals surface area contributed by atoms with Gasteiger partial charge in [-0.05, 0) is 37.1 Å². The molecule has 1 aromatic rings. The van der Waals surface area contributed by atoms with Crippen molar-refractivity contribution in [2.75, 3.05) is 19.7 Å². The molecule has 3 nitrogen and oxygen atoms in total. The van der Waals surface area contributed by atoms with Crippen LogP contribution in [0.15, 0.2) is 18.2 Å². The van der Waals surface area contributed by atoms with E-state index in [-0.39, 0.29) is 6.61 Å². The number of nitrogens with one attached hydrogen (secondary N) is 1. The Hall–Kier alpha value is -1.50. The Morgan fingerprint density at radius 2 is 2.00 bits per heavy atom. The standard InChI is InChI=1S/C15H21NO2/c1-4-5-6-16-10-14(17)11-18-15-8-12(2)7-13(3)9-15/h1,7-9,14,16-17H,5-6,10-11H2,2-3H3. The normalized spacial score (nSPS) is 11.9. The van der Waals surface area contributed by atoms with Gasteiger partial charge < -0.3 is 15.2 Å². The third kappa shape index (κ3) is 5.72. The van der Waals surface area contributed by atoms with E-state index in [2.05, 4.69) is 17.3 Å². The fraction of sp³-hybridized carbons (Fsp3) is 0.467. The van der Waals surface area contributed by atoms with Gasteiger partial charge in [-0.15, -0.1) is 12.3 Å². The Morgan fingerprint density at radius 1 is 1.33 bits per heavy atom. The van der Waals surface area contributed by atoms with Crippen LogP contribution in [-0.2, 0) is 0 Å². The summed E-state index contributed by atoms with van der Waals surface area (Å²) in [5.41, 5.74) is 2.32. The lowest BCUT2D eigenvalue weighted by atomic mass is 10.1. The maximum absolute atomic E-state index is 9.71. The van der Waals surface area contributed by atoms with E-state index in [0.29, 0.717) is 13.0 Å². The van der Waals surface area contributed by atoms with Crippen LogP contribution in [-0.4, -0.2) is 30.9 Å². The molecule has 2 N–H and O–H groups in total. The van der Waals surface area contributed by atoms with Gasteiger partial charge in [0.2, 0.25) is 0 Å². The molecule has 0 heterocycles. The number of terminal acetylenes is 1. The van der Waals surface area contributed by atoms with Crippen molar-refractivity contribution in [1.82, 2.24) is 5.32 Å². The van der Waals surface area contributed by atoms with Crippen LogP contribution >= 0.6 is 0 Å². The molecule has 1 unspecified atom stereocenters. The van der Waals surface area contributed by atoms with E-state index in [4.69, 9.17) is 11.2 Å². The monoisotopic (exact) mass is 247 g/mol. The molecule has 0 fully saturated rings. The second-order valence-corrected chi connectivity index (χ2v) is 4.45. The minimum absolute atomic E-state index is 0.284. The first-order valence-electron chi connectivity index (χ1n) is 6.15. The Labute approximate surface area is 109 Å². The molecule has 0 amide bonds. The summed E-state index contributed by atoms with van der Waals surface area (Å²) in [6, 6.07) is 6.02. The van der Waals surface area contributed by atoms with Crippen LogP contribution in [0.1, 0.15) is 17.5 Å². The van der Waals surface area contributed by atoms with Crippen LogP contribution < -0.4 is 10.1 Å². The molecule has 0 saturated heterocycles. The molecule has 1 rings (SSSR count). The molecule has 98 valence electrons. The van der Waals surface area contributed by atoms with Crippen molar-refractivity contribution in [3.63, 3.8) is 0 Å². The van der Waals surface area contributed by atoms with Crippen molar-refractivity contribution in [2.45, 2.75) is 26.4 Å². The largest absolute Gasteiger partial charge is 0.491 e. The number of ether oxygens (including phenoxy) is 1. The fourth-order valence-corrected chi connectivity index (χ4v) is 1.70. The van der Waals surface area contributed by atoms with E-state index in [9.17, 15) is 5.11 Å². The van der Waals surface area contributed by atoms with Crippen LogP contribution in [0, 0.1) is 26.2 Å². The molecule has 0 aliphatic heterocycles. The van der Waals surface area contributed by atoms with E-state index in [1.54, 1.807) is 0 Å². The summed E-state index contributed by atoms with van der Waals surface area (Å²) in [6.07, 6.45) is 5.28. The summed E-state index contributed by atoms with van der Waals surface area (Å²) in [7, 11) is 0. The zero-order valence-electron chi connectivity index (χ0n) is 11.1. The first-order chi connectivity index (χ1) is 8.61. The number of aliphatic hydroxyl groups excluding tert-OH is 1. The molecule has 18 heavy (non-hydrogen) atoms. The number of benzene rings is 1. The van der Waals surface area contributed by atoms with Gasteiger partial charge in [-0.1, -0.05) is 6.07 Å². The van der Waals surface area contributed by atoms with Crippen molar-refractivity contribution in [1.29, 1.82) is 0 Å². The average Bonchev–Trinajstić information content (AvgIpc) is 2.31. The lowest BCUT2D eigenvalue weighted by molar-refractivity contribution is 0.106. The molecule has 3 heteroatoms. The van der Waals surface area contributed by atoms with E-state index in [1.807, 2.05) is 26.0 Å². The predicted octanol–water partition coefficient (Wildman–Crippen LogP) is 1.66. The van der Waals surface area contributed by atoms with Crippen LogP contribution in [0.25, 0.3) is 0 Å². The molecule has 1 atom stereocenters. The second kappa shape index (κ2) is 7.75. The highest BCUT2D eigenvalue weighted by Crippen LogP contribution is 2.16. The topological polar surface area (TPSA) is 41.5 Å². The van der Waals surface area contributed by atoms with Gasteiger partial charge in [0.15, 0.2) is 0 Å². The zero-order chi connectivity index (χ0) is 13.4. The molecule has 0 aliphatic rings. The van der Waals surface area contributed by atoms with E-state index in [1.165, 1.54) is 0 Å². The maximum atomic E-state index is 9.71. The lowest BCUT2D eigenvalue weighted by Crippen LogP contribution is -2.31. The number of hydrogen-bond acceptors (Lipinski definition) is 3. The third-order valence-corrected chi connectivity index (χ3v) is 2.46. The first-order valence-corrected chi connectivity index (χ1v) is 6.15. The van der Waals surface area contributed by atoms with Crippen molar-refractivity contribution < 1.29 is 9.84 Å². The van der Waals surface area contributed by atoms with Gasteiger partial charge in [-0.2, -0.15) is 0 Å². The Morgan fingerprint density at radius 3 is 2.61 bits per heavy atom. The number of hydrogen-bond donors (Lipinski definition) is 2. The first kappa shape index (κ1) is 14.6. The van der Waals surface area contributed by atoms with Gasteiger partial charge in [-0.3, -0.25) is 0 Å². The van der Waals surface area contributed by atoms with E-state index < -0.39 is 6.10 Å². The second-order valence-electron chi connectivity index (χ2n) is 4.45. The molecule has 0 aliphatic carbocycles. The van der Waals surface area contributed by atoms with Crippen LogP contribution in [0.3, 0.4) is 0 Å². The van der Waals surface area contributed by atoms with E-state index >= 15 is 0 Å². The Kier molecular flexibility index (Phi) is 6.27. The highest BCUT2D eigenvalue weighted by molar-refractivity contribution is 5.32. The van der Waals surface area contributed by atoms with Gasteiger partial charge >= 0.3 is 0 Å². The summed E-state index contributed by atoms with van der Waals surface area (Å²) < 4.78 is 5.56. The Bertz CT molecular complexity index is 389. The molecule has 0 radical (unpaired) electrons. The number of aryl methyl sites for hydroxylation is 2. The lowest BCUT2D eigenvalue weighted by Gasteiger charge is -2.13. The average molecular weight is 247 g/mol. The van der Waals surface area contributed by atoms with Crippen molar-refractivity contribution >= 4 is 0 Å². The van der Waals surface area contributed by atoms with Crippen LogP contribution in [0.2, 0.25) is 0 Å². The maximum Gasteiger partial charge on any atom is 0.119 e. The van der Waals surface area contributed by atoms with Crippen LogP contribution in [0.4, 0.5) is 0 Å². The SMILES string of the molecule is C#CCCNCC(O)COc1cc(C)cc(C)c1. The minimum Gasteiger partial charge on any atom is -0.491 e. The summed E-state index contributed by atoms with van der Waals surface area (Å²) in [5.74, 6) is 3.34. The number of rotatable bonds is 7. The highest BCUT2D eigenvalue weighted by Gasteiger charge is 2.05. The van der Waals surface area contributed by atoms with Gasteiger partial charge in [0.1, 0.15) is 18.5 Å². The van der Waals surface area contributed by atoms with Gasteiger partial charge in [0, 0.05) is 19.5 Å². The summed E-state index contributed by atoms with van der Waals surface area (Å²) in [6.45, 7) is 5.55. The quantitative estimate of drug-likeness (QED) is 0.569. The number of aliphatic hydroxyl groups is 1.